The zero-order valence-corrected chi connectivity index (χ0v) is 17.9. The lowest BCUT2D eigenvalue weighted by molar-refractivity contribution is -0.118. The second-order valence-corrected chi connectivity index (χ2v) is 7.40. The lowest BCUT2D eigenvalue weighted by atomic mass is 10.2. The molecule has 0 aromatic heterocycles. The highest BCUT2D eigenvalue weighted by molar-refractivity contribution is 7.80. The number of hydrogen-bond donors (Lipinski definition) is 3. The summed E-state index contributed by atoms with van der Waals surface area (Å²) >= 11 is 5.21. The SMILES string of the molecule is CC[C@H](C)Oc1ccc(C(=O)NC(=S)Nc2ccc(NC(=O)C(C)C)cc2)cc1. The van der Waals surface area contributed by atoms with Crippen LogP contribution in [0.5, 0.6) is 5.75 Å². The average molecular weight is 414 g/mol. The van der Waals surface area contributed by atoms with E-state index in [1.165, 1.54) is 0 Å². The van der Waals surface area contributed by atoms with E-state index in [1.54, 1.807) is 48.5 Å². The van der Waals surface area contributed by atoms with E-state index in [2.05, 4.69) is 22.9 Å². The molecule has 0 bridgehead atoms. The van der Waals surface area contributed by atoms with E-state index in [-0.39, 0.29) is 28.9 Å². The van der Waals surface area contributed by atoms with Crippen LogP contribution < -0.4 is 20.7 Å². The van der Waals surface area contributed by atoms with Crippen LogP contribution in [0.15, 0.2) is 48.5 Å². The van der Waals surface area contributed by atoms with Crippen molar-refractivity contribution >= 4 is 40.5 Å². The molecular formula is C22H27N3O3S. The Labute approximate surface area is 177 Å². The highest BCUT2D eigenvalue weighted by atomic mass is 32.1. The molecule has 0 aliphatic rings. The molecule has 0 aliphatic carbocycles. The minimum Gasteiger partial charge on any atom is -0.491 e. The molecule has 1 atom stereocenters. The molecule has 7 heteroatoms. The van der Waals surface area contributed by atoms with Gasteiger partial charge in [-0.05, 0) is 74.1 Å². The fraction of sp³-hybridized carbons (Fsp3) is 0.318. The number of rotatable bonds is 7. The van der Waals surface area contributed by atoms with Crippen molar-refractivity contribution < 1.29 is 14.3 Å². The fourth-order valence-corrected chi connectivity index (χ4v) is 2.47. The summed E-state index contributed by atoms with van der Waals surface area (Å²) in [6.07, 6.45) is 1.03. The van der Waals surface area contributed by atoms with E-state index in [0.717, 1.165) is 12.2 Å². The van der Waals surface area contributed by atoms with Gasteiger partial charge in [0, 0.05) is 22.9 Å². The Bertz CT molecular complexity index is 849. The summed E-state index contributed by atoms with van der Waals surface area (Å²) in [4.78, 5) is 24.1. The molecule has 2 amide bonds. The maximum atomic E-state index is 12.3. The number of anilines is 2. The van der Waals surface area contributed by atoms with Crippen molar-refractivity contribution in [2.24, 2.45) is 5.92 Å². The molecule has 6 nitrogen and oxygen atoms in total. The van der Waals surface area contributed by atoms with Crippen molar-refractivity contribution in [1.82, 2.24) is 5.32 Å². The quantitative estimate of drug-likeness (QED) is 0.579. The Balaban J connectivity index is 1.88. The van der Waals surface area contributed by atoms with E-state index >= 15 is 0 Å². The Kier molecular flexibility index (Phi) is 8.15. The first-order chi connectivity index (χ1) is 13.8. The van der Waals surface area contributed by atoms with Crippen molar-refractivity contribution in [3.8, 4) is 5.75 Å². The average Bonchev–Trinajstić information content (AvgIpc) is 2.69. The predicted octanol–water partition coefficient (Wildman–Crippen LogP) is 4.59. The first-order valence-corrected chi connectivity index (χ1v) is 9.99. The predicted molar refractivity (Wildman–Crippen MR) is 120 cm³/mol. The van der Waals surface area contributed by atoms with Crippen molar-refractivity contribution in [3.63, 3.8) is 0 Å². The number of carbonyl (C=O) groups excluding carboxylic acids is 2. The molecule has 0 fully saturated rings. The van der Waals surface area contributed by atoms with Gasteiger partial charge in [0.05, 0.1) is 6.10 Å². The van der Waals surface area contributed by atoms with Gasteiger partial charge < -0.3 is 15.4 Å². The summed E-state index contributed by atoms with van der Waals surface area (Å²) in [6.45, 7) is 7.71. The van der Waals surface area contributed by atoms with Gasteiger partial charge in [0.25, 0.3) is 5.91 Å². The number of ether oxygens (including phenoxy) is 1. The smallest absolute Gasteiger partial charge is 0.257 e. The molecule has 0 saturated heterocycles. The molecule has 2 rings (SSSR count). The van der Waals surface area contributed by atoms with Crippen LogP contribution in [-0.2, 0) is 4.79 Å². The molecule has 0 heterocycles. The van der Waals surface area contributed by atoms with Crippen molar-refractivity contribution in [1.29, 1.82) is 0 Å². The van der Waals surface area contributed by atoms with Crippen LogP contribution in [0.25, 0.3) is 0 Å². The molecule has 2 aromatic rings. The molecule has 0 saturated carbocycles. The number of thiocarbonyl (C=S) groups is 1. The van der Waals surface area contributed by atoms with Gasteiger partial charge in [0.15, 0.2) is 5.11 Å². The summed E-state index contributed by atoms with van der Waals surface area (Å²) < 4.78 is 5.71. The first kappa shape index (κ1) is 22.4. The number of benzene rings is 2. The van der Waals surface area contributed by atoms with Crippen LogP contribution in [0, 0.1) is 5.92 Å². The van der Waals surface area contributed by atoms with Gasteiger partial charge >= 0.3 is 0 Å². The van der Waals surface area contributed by atoms with Gasteiger partial charge in [-0.1, -0.05) is 20.8 Å². The first-order valence-electron chi connectivity index (χ1n) is 9.58. The molecule has 29 heavy (non-hydrogen) atoms. The second kappa shape index (κ2) is 10.6. The summed E-state index contributed by atoms with van der Waals surface area (Å²) in [5.41, 5.74) is 1.89. The highest BCUT2D eigenvalue weighted by Gasteiger charge is 2.10. The lowest BCUT2D eigenvalue weighted by Gasteiger charge is -2.13. The zero-order chi connectivity index (χ0) is 21.4. The molecule has 3 N–H and O–H groups in total. The highest BCUT2D eigenvalue weighted by Crippen LogP contribution is 2.16. The maximum Gasteiger partial charge on any atom is 0.257 e. The number of hydrogen-bond acceptors (Lipinski definition) is 4. The van der Waals surface area contributed by atoms with Crippen LogP contribution in [0.2, 0.25) is 0 Å². The Morgan fingerprint density at radius 1 is 0.931 bits per heavy atom. The van der Waals surface area contributed by atoms with Gasteiger partial charge in [0.1, 0.15) is 5.75 Å². The summed E-state index contributed by atoms with van der Waals surface area (Å²) in [5.74, 6) is 0.278. The third kappa shape index (κ3) is 7.19. The van der Waals surface area contributed by atoms with Gasteiger partial charge in [-0.2, -0.15) is 0 Å². The molecule has 0 radical (unpaired) electrons. The van der Waals surface area contributed by atoms with Crippen molar-refractivity contribution in [2.45, 2.75) is 40.2 Å². The Hall–Kier alpha value is -2.93. The van der Waals surface area contributed by atoms with E-state index < -0.39 is 0 Å². The lowest BCUT2D eigenvalue weighted by Crippen LogP contribution is -2.34. The summed E-state index contributed by atoms with van der Waals surface area (Å²) in [5, 5.41) is 8.61. The molecule has 0 unspecified atom stereocenters. The number of carbonyl (C=O) groups is 2. The van der Waals surface area contributed by atoms with Crippen LogP contribution >= 0.6 is 12.2 Å². The standard InChI is InChI=1S/C22H27N3O3S/c1-5-15(4)28-19-12-6-16(7-13-19)21(27)25-22(29)24-18-10-8-17(9-11-18)23-20(26)14(2)3/h6-15H,5H2,1-4H3,(H,23,26)(H2,24,25,27,29)/t15-/m0/s1. The topological polar surface area (TPSA) is 79.5 Å². The van der Waals surface area contributed by atoms with Crippen LogP contribution in [-0.4, -0.2) is 23.0 Å². The Morgan fingerprint density at radius 2 is 1.48 bits per heavy atom. The second-order valence-electron chi connectivity index (χ2n) is 6.99. The monoisotopic (exact) mass is 413 g/mol. The maximum absolute atomic E-state index is 12.3. The zero-order valence-electron chi connectivity index (χ0n) is 17.1. The number of nitrogens with one attached hydrogen (secondary N) is 3. The van der Waals surface area contributed by atoms with Crippen LogP contribution in [0.3, 0.4) is 0 Å². The summed E-state index contributed by atoms with van der Waals surface area (Å²) in [7, 11) is 0. The third-order valence-corrected chi connectivity index (χ3v) is 4.39. The minimum atomic E-state index is -0.307. The summed E-state index contributed by atoms with van der Waals surface area (Å²) in [6, 6.07) is 14.0. The Morgan fingerprint density at radius 3 is 2.00 bits per heavy atom. The van der Waals surface area contributed by atoms with Gasteiger partial charge in [-0.3, -0.25) is 14.9 Å². The van der Waals surface area contributed by atoms with Crippen molar-refractivity contribution in [3.05, 3.63) is 54.1 Å². The van der Waals surface area contributed by atoms with Gasteiger partial charge in [-0.25, -0.2) is 0 Å². The fourth-order valence-electron chi connectivity index (χ4n) is 2.26. The van der Waals surface area contributed by atoms with Crippen LogP contribution in [0.4, 0.5) is 11.4 Å². The molecule has 2 aromatic carbocycles. The molecule has 0 aliphatic heterocycles. The van der Waals surface area contributed by atoms with Gasteiger partial charge in [0.2, 0.25) is 5.91 Å². The molecule has 0 spiro atoms. The van der Waals surface area contributed by atoms with E-state index in [1.807, 2.05) is 20.8 Å². The van der Waals surface area contributed by atoms with Gasteiger partial charge in [-0.15, -0.1) is 0 Å². The minimum absolute atomic E-state index is 0.0472. The molecule has 154 valence electrons. The van der Waals surface area contributed by atoms with Crippen LogP contribution in [0.1, 0.15) is 44.5 Å². The van der Waals surface area contributed by atoms with Crippen molar-refractivity contribution in [2.75, 3.05) is 10.6 Å². The third-order valence-electron chi connectivity index (χ3n) is 4.19. The van der Waals surface area contributed by atoms with E-state index in [0.29, 0.717) is 16.9 Å². The van der Waals surface area contributed by atoms with E-state index in [4.69, 9.17) is 17.0 Å². The normalized spacial score (nSPS) is 11.5. The largest absolute Gasteiger partial charge is 0.491 e. The number of amides is 2. The molecular weight excluding hydrogens is 386 g/mol. The van der Waals surface area contributed by atoms with E-state index in [9.17, 15) is 9.59 Å².